The molecule has 176 valence electrons. The zero-order valence-electron chi connectivity index (χ0n) is 19.5. The molecule has 0 aliphatic carbocycles. The van der Waals surface area contributed by atoms with E-state index in [1.165, 1.54) is 0 Å². The molecule has 0 spiro atoms. The third-order valence-electron chi connectivity index (χ3n) is 6.17. The third kappa shape index (κ3) is 5.38. The first-order valence-corrected chi connectivity index (χ1v) is 12.8. The topological polar surface area (TPSA) is 70.1 Å². The number of aliphatic hydroxyl groups excluding tert-OH is 1. The van der Waals surface area contributed by atoms with Gasteiger partial charge in [-0.1, -0.05) is 48.0 Å². The second kappa shape index (κ2) is 9.81. The van der Waals surface area contributed by atoms with Crippen LogP contribution >= 0.6 is 0 Å². The number of fused-ring (bicyclic) bond motifs is 1. The Balaban J connectivity index is 1.30. The van der Waals surface area contributed by atoms with Gasteiger partial charge in [-0.2, -0.15) is 4.31 Å². The Labute approximate surface area is 196 Å². The van der Waals surface area contributed by atoms with Gasteiger partial charge in [0.15, 0.2) is 0 Å². The fourth-order valence-electron chi connectivity index (χ4n) is 4.66. The SMILES string of the molecule is Cc1cc(C)c(S(=O)(=O)N2CCN(C[C@H](O)COc3ccc4ccccc4c3)CC2)c(C)c1. The van der Waals surface area contributed by atoms with Gasteiger partial charge >= 0.3 is 0 Å². The van der Waals surface area contributed by atoms with Crippen molar-refractivity contribution in [3.63, 3.8) is 0 Å². The lowest BCUT2D eigenvalue weighted by Crippen LogP contribution is -2.51. The number of piperazine rings is 1. The van der Waals surface area contributed by atoms with E-state index in [0.717, 1.165) is 33.2 Å². The van der Waals surface area contributed by atoms with Gasteiger partial charge in [0, 0.05) is 32.7 Å². The van der Waals surface area contributed by atoms with Crippen molar-refractivity contribution in [1.29, 1.82) is 0 Å². The van der Waals surface area contributed by atoms with E-state index in [0.29, 0.717) is 37.6 Å². The predicted molar refractivity (Wildman–Crippen MR) is 131 cm³/mol. The Kier molecular flexibility index (Phi) is 7.05. The molecule has 0 saturated carbocycles. The first-order valence-electron chi connectivity index (χ1n) is 11.3. The van der Waals surface area contributed by atoms with Crippen LogP contribution in [0.15, 0.2) is 59.5 Å². The summed E-state index contributed by atoms with van der Waals surface area (Å²) in [7, 11) is -3.54. The molecule has 3 aromatic rings. The average molecular weight is 469 g/mol. The summed E-state index contributed by atoms with van der Waals surface area (Å²) < 4.78 is 33.9. The van der Waals surface area contributed by atoms with Gasteiger partial charge in [0.1, 0.15) is 18.5 Å². The zero-order chi connectivity index (χ0) is 23.6. The van der Waals surface area contributed by atoms with Gasteiger partial charge < -0.3 is 9.84 Å². The van der Waals surface area contributed by atoms with Gasteiger partial charge in [0.05, 0.1) is 4.90 Å². The Morgan fingerprint density at radius 1 is 0.909 bits per heavy atom. The Morgan fingerprint density at radius 3 is 2.21 bits per heavy atom. The van der Waals surface area contributed by atoms with Crippen LogP contribution in [-0.4, -0.2) is 68.2 Å². The Bertz CT molecular complexity index is 1210. The third-order valence-corrected chi connectivity index (χ3v) is 8.37. The second-order valence-corrected chi connectivity index (χ2v) is 10.8. The molecule has 33 heavy (non-hydrogen) atoms. The first-order chi connectivity index (χ1) is 15.7. The van der Waals surface area contributed by atoms with Gasteiger partial charge in [-0.15, -0.1) is 0 Å². The van der Waals surface area contributed by atoms with Crippen molar-refractivity contribution in [3.8, 4) is 5.75 Å². The van der Waals surface area contributed by atoms with Crippen molar-refractivity contribution < 1.29 is 18.3 Å². The summed E-state index contributed by atoms with van der Waals surface area (Å²) in [5, 5.41) is 12.7. The van der Waals surface area contributed by atoms with Crippen LogP contribution in [0.1, 0.15) is 16.7 Å². The van der Waals surface area contributed by atoms with Crippen LogP contribution in [-0.2, 0) is 10.0 Å². The molecule has 3 aromatic carbocycles. The summed E-state index contributed by atoms with van der Waals surface area (Å²) in [5.41, 5.74) is 2.64. The van der Waals surface area contributed by atoms with Crippen molar-refractivity contribution in [2.24, 2.45) is 0 Å². The van der Waals surface area contributed by atoms with Crippen molar-refractivity contribution in [2.45, 2.75) is 31.8 Å². The van der Waals surface area contributed by atoms with E-state index in [-0.39, 0.29) is 6.61 Å². The number of aliphatic hydroxyl groups is 1. The summed E-state index contributed by atoms with van der Waals surface area (Å²) >= 11 is 0. The average Bonchev–Trinajstić information content (AvgIpc) is 2.77. The van der Waals surface area contributed by atoms with Crippen LogP contribution in [0, 0.1) is 20.8 Å². The molecular formula is C26H32N2O4S. The number of β-amino-alcohol motifs (C(OH)–C–C–N with tert-alkyl or cyclic N) is 1. The van der Waals surface area contributed by atoms with Gasteiger partial charge in [-0.25, -0.2) is 8.42 Å². The van der Waals surface area contributed by atoms with Gasteiger partial charge in [-0.3, -0.25) is 4.90 Å². The van der Waals surface area contributed by atoms with E-state index in [4.69, 9.17) is 4.74 Å². The highest BCUT2D eigenvalue weighted by atomic mass is 32.2. The van der Waals surface area contributed by atoms with Crippen LogP contribution in [0.2, 0.25) is 0 Å². The first kappa shape index (κ1) is 23.7. The van der Waals surface area contributed by atoms with Crippen molar-refractivity contribution >= 4 is 20.8 Å². The molecule has 1 atom stereocenters. The summed E-state index contributed by atoms with van der Waals surface area (Å²) in [4.78, 5) is 2.51. The molecule has 0 bridgehead atoms. The summed E-state index contributed by atoms with van der Waals surface area (Å²) in [5.74, 6) is 0.729. The van der Waals surface area contributed by atoms with Crippen molar-refractivity contribution in [3.05, 3.63) is 71.3 Å². The molecule has 1 aliphatic heterocycles. The molecular weight excluding hydrogens is 436 g/mol. The molecule has 1 fully saturated rings. The van der Waals surface area contributed by atoms with E-state index in [2.05, 4.69) is 11.0 Å². The smallest absolute Gasteiger partial charge is 0.243 e. The molecule has 6 nitrogen and oxygen atoms in total. The van der Waals surface area contributed by atoms with Crippen molar-refractivity contribution in [2.75, 3.05) is 39.3 Å². The Hall–Kier alpha value is -2.45. The second-order valence-electron chi connectivity index (χ2n) is 8.91. The quantitative estimate of drug-likeness (QED) is 0.575. The Morgan fingerprint density at radius 2 is 1.55 bits per heavy atom. The number of aryl methyl sites for hydroxylation is 3. The number of sulfonamides is 1. The minimum Gasteiger partial charge on any atom is -0.491 e. The van der Waals surface area contributed by atoms with Gasteiger partial charge in [0.2, 0.25) is 10.0 Å². The number of hydrogen-bond donors (Lipinski definition) is 1. The van der Waals surface area contributed by atoms with E-state index >= 15 is 0 Å². The lowest BCUT2D eigenvalue weighted by Gasteiger charge is -2.35. The number of ether oxygens (including phenoxy) is 1. The van der Waals surface area contributed by atoms with Crippen LogP contribution in [0.25, 0.3) is 10.8 Å². The monoisotopic (exact) mass is 468 g/mol. The maximum absolute atomic E-state index is 13.3. The molecule has 1 aliphatic rings. The molecule has 0 unspecified atom stereocenters. The predicted octanol–water partition coefficient (Wildman–Crippen LogP) is 3.51. The molecule has 0 radical (unpaired) electrons. The van der Waals surface area contributed by atoms with Crippen LogP contribution in [0.3, 0.4) is 0 Å². The molecule has 4 rings (SSSR count). The van der Waals surface area contributed by atoms with E-state index < -0.39 is 16.1 Å². The van der Waals surface area contributed by atoms with Crippen LogP contribution in [0.5, 0.6) is 5.75 Å². The highest BCUT2D eigenvalue weighted by Crippen LogP contribution is 2.26. The lowest BCUT2D eigenvalue weighted by atomic mass is 10.1. The van der Waals surface area contributed by atoms with Crippen LogP contribution in [0.4, 0.5) is 0 Å². The zero-order valence-corrected chi connectivity index (χ0v) is 20.3. The van der Waals surface area contributed by atoms with E-state index in [1.807, 2.05) is 69.3 Å². The number of rotatable bonds is 7. The fourth-order valence-corrected chi connectivity index (χ4v) is 6.49. The number of nitrogens with zero attached hydrogens (tertiary/aromatic N) is 2. The molecule has 1 N–H and O–H groups in total. The summed E-state index contributed by atoms with van der Waals surface area (Å²) in [6.45, 7) is 8.31. The standard InChI is InChI=1S/C26H32N2O4S/c1-19-14-20(2)26(21(3)15-19)33(30,31)28-12-10-27(11-13-28)17-24(29)18-32-25-9-8-22-6-4-5-7-23(22)16-25/h4-9,14-16,24,29H,10-13,17-18H2,1-3H3/t24-/m0/s1. The largest absolute Gasteiger partial charge is 0.491 e. The molecule has 7 heteroatoms. The lowest BCUT2D eigenvalue weighted by molar-refractivity contribution is 0.0569. The molecule has 0 amide bonds. The molecule has 1 saturated heterocycles. The fraction of sp³-hybridized carbons (Fsp3) is 0.385. The van der Waals surface area contributed by atoms with Gasteiger partial charge in [0.25, 0.3) is 0 Å². The number of hydrogen-bond acceptors (Lipinski definition) is 5. The maximum atomic E-state index is 13.3. The minimum absolute atomic E-state index is 0.193. The molecule has 1 heterocycles. The van der Waals surface area contributed by atoms with Crippen molar-refractivity contribution in [1.82, 2.24) is 9.21 Å². The highest BCUT2D eigenvalue weighted by Gasteiger charge is 2.31. The van der Waals surface area contributed by atoms with E-state index in [1.54, 1.807) is 4.31 Å². The van der Waals surface area contributed by atoms with Crippen LogP contribution < -0.4 is 4.74 Å². The molecule has 0 aromatic heterocycles. The highest BCUT2D eigenvalue weighted by molar-refractivity contribution is 7.89. The summed E-state index contributed by atoms with van der Waals surface area (Å²) in [6.07, 6.45) is -0.652. The normalized spacial score (nSPS) is 16.7. The summed E-state index contributed by atoms with van der Waals surface area (Å²) in [6, 6.07) is 17.8. The maximum Gasteiger partial charge on any atom is 0.243 e. The van der Waals surface area contributed by atoms with E-state index in [9.17, 15) is 13.5 Å². The minimum atomic E-state index is -3.54. The number of benzene rings is 3. The van der Waals surface area contributed by atoms with Gasteiger partial charge in [-0.05, 0) is 54.8 Å².